The Hall–Kier alpha value is -3.19. The topological polar surface area (TPSA) is 81.8 Å². The normalized spacial score (nSPS) is 14.1. The second-order valence-electron chi connectivity index (χ2n) is 8.92. The maximum absolute atomic E-state index is 12.6. The minimum absolute atomic E-state index is 0.0689. The van der Waals surface area contributed by atoms with Crippen LogP contribution in [0, 0.1) is 27.7 Å². The van der Waals surface area contributed by atoms with Crippen LogP contribution >= 0.6 is 0 Å². The molecule has 2 aromatic carbocycles. The molecule has 3 amide bonds. The van der Waals surface area contributed by atoms with Gasteiger partial charge >= 0.3 is 0 Å². The third-order valence-corrected chi connectivity index (χ3v) is 5.96. The standard InChI is InChI=1S/C26H34N4O3/c1-18-5-7-22(8-6-18)15-25(33)30-11-9-29(10-12-30)17-24(32)27-16-23(31)28-26-20(3)13-19(2)14-21(26)4/h5-8,13-14H,9-12,15-17H2,1-4H3,(H,27,32)(H,28,31). The highest BCUT2D eigenvalue weighted by atomic mass is 16.2. The molecule has 176 valence electrons. The van der Waals surface area contributed by atoms with Crippen LogP contribution in [0.3, 0.4) is 0 Å². The first kappa shape index (κ1) is 24.5. The van der Waals surface area contributed by atoms with Crippen LogP contribution in [0.4, 0.5) is 5.69 Å². The Bertz CT molecular complexity index is 986. The number of benzene rings is 2. The highest BCUT2D eigenvalue weighted by Crippen LogP contribution is 2.21. The molecule has 1 aliphatic rings. The molecular formula is C26H34N4O3. The Morgan fingerprint density at radius 3 is 2.03 bits per heavy atom. The van der Waals surface area contributed by atoms with Crippen molar-refractivity contribution >= 4 is 23.4 Å². The molecule has 0 aromatic heterocycles. The van der Waals surface area contributed by atoms with E-state index in [2.05, 4.69) is 10.6 Å². The summed E-state index contributed by atoms with van der Waals surface area (Å²) in [5.74, 6) is -0.326. The smallest absolute Gasteiger partial charge is 0.243 e. The third-order valence-electron chi connectivity index (χ3n) is 5.96. The van der Waals surface area contributed by atoms with Crippen LogP contribution in [0.15, 0.2) is 36.4 Å². The van der Waals surface area contributed by atoms with Gasteiger partial charge in [-0.3, -0.25) is 19.3 Å². The first-order valence-electron chi connectivity index (χ1n) is 11.4. The van der Waals surface area contributed by atoms with E-state index in [4.69, 9.17) is 0 Å². The Morgan fingerprint density at radius 2 is 1.42 bits per heavy atom. The van der Waals surface area contributed by atoms with Crippen LogP contribution in [-0.2, 0) is 20.8 Å². The molecule has 1 heterocycles. The number of carbonyl (C=O) groups excluding carboxylic acids is 3. The summed E-state index contributed by atoms with van der Waals surface area (Å²) in [7, 11) is 0. The maximum Gasteiger partial charge on any atom is 0.243 e. The lowest BCUT2D eigenvalue weighted by atomic mass is 10.1. The summed E-state index contributed by atoms with van der Waals surface area (Å²) in [6, 6.07) is 12.1. The fourth-order valence-corrected chi connectivity index (χ4v) is 4.15. The Kier molecular flexibility index (Phi) is 8.22. The number of nitrogens with one attached hydrogen (secondary N) is 2. The van der Waals surface area contributed by atoms with Crippen molar-refractivity contribution in [3.8, 4) is 0 Å². The summed E-state index contributed by atoms with van der Waals surface area (Å²) in [5, 5.41) is 5.59. The summed E-state index contributed by atoms with van der Waals surface area (Å²) < 4.78 is 0. The van der Waals surface area contributed by atoms with Gasteiger partial charge in [0.1, 0.15) is 0 Å². The van der Waals surface area contributed by atoms with E-state index in [-0.39, 0.29) is 30.8 Å². The Labute approximate surface area is 196 Å². The summed E-state index contributed by atoms with van der Waals surface area (Å²) in [4.78, 5) is 41.0. The van der Waals surface area contributed by atoms with Gasteiger partial charge < -0.3 is 15.5 Å². The van der Waals surface area contributed by atoms with Crippen LogP contribution in [0.2, 0.25) is 0 Å². The average Bonchev–Trinajstić information content (AvgIpc) is 2.77. The van der Waals surface area contributed by atoms with Gasteiger partial charge in [0.05, 0.1) is 19.5 Å². The van der Waals surface area contributed by atoms with E-state index in [1.54, 1.807) is 0 Å². The first-order valence-corrected chi connectivity index (χ1v) is 11.4. The second kappa shape index (κ2) is 11.1. The Morgan fingerprint density at radius 1 is 0.818 bits per heavy atom. The van der Waals surface area contributed by atoms with Gasteiger partial charge in [-0.1, -0.05) is 47.5 Å². The molecule has 3 rings (SSSR count). The minimum Gasteiger partial charge on any atom is -0.346 e. The van der Waals surface area contributed by atoms with E-state index in [0.29, 0.717) is 32.6 Å². The van der Waals surface area contributed by atoms with Gasteiger partial charge in [0.2, 0.25) is 17.7 Å². The minimum atomic E-state index is -0.245. The fourth-order valence-electron chi connectivity index (χ4n) is 4.15. The van der Waals surface area contributed by atoms with Crippen molar-refractivity contribution in [2.75, 3.05) is 44.6 Å². The van der Waals surface area contributed by atoms with Gasteiger partial charge in [-0.15, -0.1) is 0 Å². The van der Waals surface area contributed by atoms with Crippen LogP contribution in [-0.4, -0.2) is 66.8 Å². The maximum atomic E-state index is 12.6. The zero-order chi connectivity index (χ0) is 24.0. The molecule has 0 bridgehead atoms. The fraction of sp³-hybridized carbons (Fsp3) is 0.423. The van der Waals surface area contributed by atoms with E-state index in [0.717, 1.165) is 27.9 Å². The van der Waals surface area contributed by atoms with Gasteiger partial charge in [-0.2, -0.15) is 0 Å². The van der Waals surface area contributed by atoms with Crippen molar-refractivity contribution < 1.29 is 14.4 Å². The lowest BCUT2D eigenvalue weighted by molar-refractivity contribution is -0.132. The number of aryl methyl sites for hydroxylation is 4. The molecular weight excluding hydrogens is 416 g/mol. The second-order valence-corrected chi connectivity index (χ2v) is 8.92. The van der Waals surface area contributed by atoms with Crippen molar-refractivity contribution in [2.45, 2.75) is 34.1 Å². The molecule has 1 saturated heterocycles. The van der Waals surface area contributed by atoms with Gasteiger partial charge in [-0.25, -0.2) is 0 Å². The summed E-state index contributed by atoms with van der Waals surface area (Å²) in [6.45, 7) is 10.6. The van der Waals surface area contributed by atoms with E-state index < -0.39 is 0 Å². The predicted octanol–water partition coefficient (Wildman–Crippen LogP) is 2.36. The summed E-state index contributed by atoms with van der Waals surface area (Å²) in [6.07, 6.45) is 0.399. The molecule has 2 N–H and O–H groups in total. The van der Waals surface area contributed by atoms with Crippen LogP contribution in [0.1, 0.15) is 27.8 Å². The van der Waals surface area contributed by atoms with E-state index in [9.17, 15) is 14.4 Å². The van der Waals surface area contributed by atoms with Crippen molar-refractivity contribution in [2.24, 2.45) is 0 Å². The van der Waals surface area contributed by atoms with Crippen molar-refractivity contribution in [3.63, 3.8) is 0 Å². The SMILES string of the molecule is Cc1ccc(CC(=O)N2CCN(CC(=O)NCC(=O)Nc3c(C)cc(C)cc3C)CC2)cc1. The quantitative estimate of drug-likeness (QED) is 0.679. The lowest BCUT2D eigenvalue weighted by Crippen LogP contribution is -2.51. The number of hydrogen-bond acceptors (Lipinski definition) is 4. The number of rotatable bonds is 7. The van der Waals surface area contributed by atoms with Crippen molar-refractivity contribution in [3.05, 3.63) is 64.2 Å². The number of carbonyl (C=O) groups is 3. The molecule has 0 unspecified atom stereocenters. The van der Waals surface area contributed by atoms with Crippen LogP contribution in [0.5, 0.6) is 0 Å². The number of nitrogens with zero attached hydrogens (tertiary/aromatic N) is 2. The Balaban J connectivity index is 1.38. The molecule has 0 spiro atoms. The van der Waals surface area contributed by atoms with Crippen molar-refractivity contribution in [1.82, 2.24) is 15.1 Å². The van der Waals surface area contributed by atoms with Gasteiger partial charge in [0.15, 0.2) is 0 Å². The van der Waals surface area contributed by atoms with Gasteiger partial charge in [0, 0.05) is 31.9 Å². The highest BCUT2D eigenvalue weighted by Gasteiger charge is 2.22. The average molecular weight is 451 g/mol. The van der Waals surface area contributed by atoms with Crippen LogP contribution < -0.4 is 10.6 Å². The first-order chi connectivity index (χ1) is 15.7. The summed E-state index contributed by atoms with van der Waals surface area (Å²) >= 11 is 0. The molecule has 0 saturated carbocycles. The number of anilines is 1. The molecule has 0 atom stereocenters. The predicted molar refractivity (Wildman–Crippen MR) is 130 cm³/mol. The van der Waals surface area contributed by atoms with Crippen molar-refractivity contribution in [1.29, 1.82) is 0 Å². The monoisotopic (exact) mass is 450 g/mol. The molecule has 7 nitrogen and oxygen atoms in total. The highest BCUT2D eigenvalue weighted by molar-refractivity contribution is 5.96. The zero-order valence-electron chi connectivity index (χ0n) is 20.0. The third kappa shape index (κ3) is 7.15. The van der Waals surface area contributed by atoms with Gasteiger partial charge in [0.25, 0.3) is 0 Å². The van der Waals surface area contributed by atoms with E-state index >= 15 is 0 Å². The van der Waals surface area contributed by atoms with E-state index in [1.165, 1.54) is 5.56 Å². The molecule has 1 fully saturated rings. The number of amides is 3. The number of hydrogen-bond donors (Lipinski definition) is 2. The largest absolute Gasteiger partial charge is 0.346 e. The molecule has 1 aliphatic heterocycles. The molecule has 33 heavy (non-hydrogen) atoms. The molecule has 2 aromatic rings. The molecule has 0 aliphatic carbocycles. The summed E-state index contributed by atoms with van der Waals surface area (Å²) in [5.41, 5.74) is 6.14. The molecule has 7 heteroatoms. The number of piperazine rings is 1. The lowest BCUT2D eigenvalue weighted by Gasteiger charge is -2.34. The molecule has 0 radical (unpaired) electrons. The zero-order valence-corrected chi connectivity index (χ0v) is 20.0. The van der Waals surface area contributed by atoms with E-state index in [1.807, 2.05) is 73.9 Å². The van der Waals surface area contributed by atoms with Crippen LogP contribution in [0.25, 0.3) is 0 Å². The van der Waals surface area contributed by atoms with Gasteiger partial charge in [-0.05, 0) is 44.4 Å².